The Labute approximate surface area is 169 Å². The van der Waals surface area contributed by atoms with Crippen molar-refractivity contribution in [2.24, 2.45) is 17.6 Å². The number of anilines is 1. The molecule has 5 aliphatic rings. The molecular weight excluding hydrogens is 374 g/mol. The van der Waals surface area contributed by atoms with Gasteiger partial charge in [0.25, 0.3) is 0 Å². The molecule has 0 unspecified atom stereocenters. The highest BCUT2D eigenvalue weighted by Crippen LogP contribution is 2.71. The van der Waals surface area contributed by atoms with Crippen LogP contribution in [0.4, 0.5) is 5.69 Å². The van der Waals surface area contributed by atoms with Crippen LogP contribution in [0.5, 0.6) is 0 Å². The molecule has 29 heavy (non-hydrogen) atoms. The van der Waals surface area contributed by atoms with Gasteiger partial charge in [0.15, 0.2) is 12.0 Å². The predicted molar refractivity (Wildman–Crippen MR) is 103 cm³/mol. The molecule has 4 aliphatic heterocycles. The van der Waals surface area contributed by atoms with E-state index >= 15 is 0 Å². The largest absolute Gasteiger partial charge is 0.469 e. The van der Waals surface area contributed by atoms with Gasteiger partial charge in [0.1, 0.15) is 11.3 Å². The van der Waals surface area contributed by atoms with E-state index < -0.39 is 34.6 Å². The van der Waals surface area contributed by atoms with Crippen LogP contribution in [0.25, 0.3) is 0 Å². The Balaban J connectivity index is 1.65. The van der Waals surface area contributed by atoms with Crippen LogP contribution in [0.1, 0.15) is 25.3 Å². The third-order valence-electron chi connectivity index (χ3n) is 8.30. The fraction of sp³-hybridized carbons (Fsp3) is 0.667. The van der Waals surface area contributed by atoms with Crippen LogP contribution in [-0.4, -0.2) is 56.1 Å². The van der Waals surface area contributed by atoms with E-state index in [9.17, 15) is 4.79 Å². The molecule has 4 fully saturated rings. The van der Waals surface area contributed by atoms with E-state index in [-0.39, 0.29) is 18.0 Å². The number of hydrogen-bond acceptors (Lipinski definition) is 8. The van der Waals surface area contributed by atoms with E-state index in [2.05, 4.69) is 23.6 Å². The van der Waals surface area contributed by atoms with Crippen LogP contribution in [0, 0.1) is 11.8 Å². The van der Waals surface area contributed by atoms with Gasteiger partial charge in [-0.15, -0.1) is 0 Å². The van der Waals surface area contributed by atoms with E-state index in [4.69, 9.17) is 24.7 Å². The van der Waals surface area contributed by atoms with Crippen molar-refractivity contribution < 1.29 is 23.7 Å². The summed E-state index contributed by atoms with van der Waals surface area (Å²) in [6, 6.07) is 8.05. The molecule has 1 spiro atoms. The summed E-state index contributed by atoms with van der Waals surface area (Å²) in [5.74, 6) is -0.798. The smallest absolute Gasteiger partial charge is 0.310 e. The summed E-state index contributed by atoms with van der Waals surface area (Å²) >= 11 is 0. The van der Waals surface area contributed by atoms with Crippen molar-refractivity contribution in [2.45, 2.75) is 54.6 Å². The molecule has 1 aromatic carbocycles. The fourth-order valence-corrected chi connectivity index (χ4v) is 7.01. The van der Waals surface area contributed by atoms with Crippen LogP contribution < -0.4 is 16.4 Å². The Morgan fingerprint density at radius 1 is 1.24 bits per heavy atom. The predicted octanol–water partition coefficient (Wildman–Crippen LogP) is 0.664. The number of esters is 1. The molecule has 4 N–H and O–H groups in total. The number of piperidine rings is 1. The number of rotatable bonds is 2. The van der Waals surface area contributed by atoms with Gasteiger partial charge in [0.2, 0.25) is 0 Å². The minimum atomic E-state index is -1.03. The van der Waals surface area contributed by atoms with Crippen molar-refractivity contribution in [1.82, 2.24) is 5.32 Å². The fourth-order valence-electron chi connectivity index (χ4n) is 7.01. The van der Waals surface area contributed by atoms with Gasteiger partial charge in [-0.25, -0.2) is 0 Å². The average molecular weight is 401 g/mol. The third-order valence-corrected chi connectivity index (χ3v) is 8.30. The molecule has 8 heteroatoms. The van der Waals surface area contributed by atoms with E-state index in [1.54, 1.807) is 7.11 Å². The van der Waals surface area contributed by atoms with Gasteiger partial charge in [0.05, 0.1) is 24.5 Å². The molecule has 0 aromatic heterocycles. The first-order valence-electron chi connectivity index (χ1n) is 10.3. The Hall–Kier alpha value is -1.71. The van der Waals surface area contributed by atoms with Crippen molar-refractivity contribution in [3.63, 3.8) is 0 Å². The average Bonchev–Trinajstić information content (AvgIpc) is 3.10. The molecule has 0 amide bonds. The highest BCUT2D eigenvalue weighted by molar-refractivity contribution is 5.81. The second-order valence-electron chi connectivity index (χ2n) is 9.16. The summed E-state index contributed by atoms with van der Waals surface area (Å²) in [5, 5.41) is 7.15. The minimum Gasteiger partial charge on any atom is -0.469 e. The summed E-state index contributed by atoms with van der Waals surface area (Å²) < 4.78 is 23.7. The molecule has 1 aromatic rings. The van der Waals surface area contributed by atoms with Crippen LogP contribution >= 0.6 is 0 Å². The summed E-state index contributed by atoms with van der Waals surface area (Å²) in [4.78, 5) is 13.4. The van der Waals surface area contributed by atoms with Crippen LogP contribution in [0.2, 0.25) is 0 Å². The lowest BCUT2D eigenvalue weighted by Crippen LogP contribution is -2.85. The van der Waals surface area contributed by atoms with Crippen LogP contribution in [0.3, 0.4) is 0 Å². The second-order valence-corrected chi connectivity index (χ2v) is 9.16. The van der Waals surface area contributed by atoms with Crippen molar-refractivity contribution in [3.8, 4) is 0 Å². The number of para-hydroxylation sites is 1. The SMILES string of the molecule is COC(=O)[C@H]1[C@@H]2C[C@@](N)(NC[C@]23O[C@H]3C)[C@@]23Nc4ccccc4[C@@]12C[C@@H](OC)O3. The first-order chi connectivity index (χ1) is 13.9. The molecule has 3 saturated heterocycles. The molecule has 1 saturated carbocycles. The quantitative estimate of drug-likeness (QED) is 0.490. The van der Waals surface area contributed by atoms with Gasteiger partial charge >= 0.3 is 5.97 Å². The number of ether oxygens (including phenoxy) is 4. The topological polar surface area (TPSA) is 107 Å². The molecule has 4 heterocycles. The second kappa shape index (κ2) is 5.31. The number of benzene rings is 1. The molecule has 6 rings (SSSR count). The lowest BCUT2D eigenvalue weighted by atomic mass is 9.48. The number of methoxy groups -OCH3 is 2. The molecule has 2 bridgehead atoms. The Morgan fingerprint density at radius 3 is 2.69 bits per heavy atom. The number of hydrogen-bond donors (Lipinski definition) is 3. The lowest BCUT2D eigenvalue weighted by molar-refractivity contribution is -0.216. The van der Waals surface area contributed by atoms with Crippen LogP contribution in [0.15, 0.2) is 24.3 Å². The van der Waals surface area contributed by atoms with E-state index in [1.165, 1.54) is 7.11 Å². The molecule has 8 atom stereocenters. The van der Waals surface area contributed by atoms with Gasteiger partial charge in [-0.2, -0.15) is 0 Å². The maximum Gasteiger partial charge on any atom is 0.310 e. The first-order valence-corrected chi connectivity index (χ1v) is 10.3. The first kappa shape index (κ1) is 18.1. The molecular formula is C21H27N3O5. The van der Waals surface area contributed by atoms with Crippen molar-refractivity contribution in [2.75, 3.05) is 26.1 Å². The standard InChI is InChI=1S/C21H27N3O5/c1-11-19(28-11)10-23-20(22)8-13(19)16(17(25)27-3)18-9-15(26-2)29-21(18,20)24-14-7-5-4-6-12(14)18/h4-7,11,13,15-16,23-24H,8-10,22H2,1-3H3/t11-,13-,15-,16+,18-,19+,20+,21+/m0/s1. The van der Waals surface area contributed by atoms with Gasteiger partial charge in [-0.3, -0.25) is 10.1 Å². The molecule has 156 valence electrons. The van der Waals surface area contributed by atoms with Gasteiger partial charge in [-0.1, -0.05) is 18.2 Å². The molecule has 0 radical (unpaired) electrons. The summed E-state index contributed by atoms with van der Waals surface area (Å²) in [5.41, 5.74) is 5.98. The summed E-state index contributed by atoms with van der Waals surface area (Å²) in [6.45, 7) is 2.63. The highest BCUT2D eigenvalue weighted by Gasteiger charge is 2.84. The minimum absolute atomic E-state index is 0.0609. The number of epoxide rings is 1. The maximum absolute atomic E-state index is 13.4. The van der Waals surface area contributed by atoms with Crippen LogP contribution in [-0.2, 0) is 29.2 Å². The molecule has 1 aliphatic carbocycles. The Morgan fingerprint density at radius 2 is 2.00 bits per heavy atom. The third kappa shape index (κ3) is 1.78. The van der Waals surface area contributed by atoms with E-state index in [1.807, 2.05) is 18.2 Å². The van der Waals surface area contributed by atoms with Crippen molar-refractivity contribution >= 4 is 11.7 Å². The lowest BCUT2D eigenvalue weighted by Gasteiger charge is -2.62. The zero-order valence-electron chi connectivity index (χ0n) is 16.9. The normalized spacial score (nSPS) is 51.0. The van der Waals surface area contributed by atoms with Crippen molar-refractivity contribution in [1.29, 1.82) is 0 Å². The number of carbonyl (C=O) groups excluding carboxylic acids is 1. The number of fused-ring (bicyclic) bond motifs is 4. The number of nitrogens with two attached hydrogens (primary N) is 1. The summed E-state index contributed by atoms with van der Waals surface area (Å²) in [7, 11) is 3.08. The van der Waals surface area contributed by atoms with Crippen molar-refractivity contribution in [3.05, 3.63) is 29.8 Å². The Kier molecular flexibility index (Phi) is 3.31. The molecule has 8 nitrogen and oxygen atoms in total. The monoisotopic (exact) mass is 401 g/mol. The highest BCUT2D eigenvalue weighted by atomic mass is 16.7. The number of nitrogens with one attached hydrogen (secondary N) is 2. The number of carbonyl (C=O) groups is 1. The van der Waals surface area contributed by atoms with E-state index in [0.717, 1.165) is 11.3 Å². The zero-order valence-corrected chi connectivity index (χ0v) is 16.9. The van der Waals surface area contributed by atoms with Gasteiger partial charge < -0.3 is 30.0 Å². The van der Waals surface area contributed by atoms with Gasteiger partial charge in [0, 0.05) is 31.7 Å². The maximum atomic E-state index is 13.4. The van der Waals surface area contributed by atoms with E-state index in [0.29, 0.717) is 19.4 Å². The van der Waals surface area contributed by atoms with Gasteiger partial charge in [-0.05, 0) is 25.0 Å². The summed E-state index contributed by atoms with van der Waals surface area (Å²) in [6.07, 6.45) is 0.620. The zero-order chi connectivity index (χ0) is 20.2. The Bertz CT molecular complexity index is 912.